The Kier molecular flexibility index (Phi) is 6.04. The van der Waals surface area contributed by atoms with Crippen LogP contribution >= 0.6 is 11.6 Å². The van der Waals surface area contributed by atoms with Crippen LogP contribution in [0.3, 0.4) is 0 Å². The van der Waals surface area contributed by atoms with Gasteiger partial charge in [0, 0.05) is 64.1 Å². The van der Waals surface area contributed by atoms with Gasteiger partial charge in [-0.3, -0.25) is 9.47 Å². The number of amides is 1. The standard InChI is InChI=1S/C20H17ClN3O2.Y/c1-23-10-9-14-3-2-4-16-18(14)24(23)12-17(19(16)25)20(26)22-11-13-5-7-15(21)8-6-13;/h3-8,12H,9-11H2,1H3,(H,22,26);/q-1;. The molecule has 0 unspecified atom stereocenters. The fourth-order valence-electron chi connectivity index (χ4n) is 3.26. The molecular weight excluding hydrogens is 439 g/mol. The van der Waals surface area contributed by atoms with E-state index in [2.05, 4.69) is 11.4 Å². The van der Waals surface area contributed by atoms with Gasteiger partial charge < -0.3 is 15.1 Å². The van der Waals surface area contributed by atoms with E-state index in [1.807, 2.05) is 34.9 Å². The molecular formula is C20H17ClN3O2Y-. The van der Waals surface area contributed by atoms with Crippen LogP contribution < -0.4 is 15.8 Å². The molecule has 0 fully saturated rings. The summed E-state index contributed by atoms with van der Waals surface area (Å²) in [6, 6.07) is 13.8. The molecule has 5 nitrogen and oxygen atoms in total. The van der Waals surface area contributed by atoms with Gasteiger partial charge in [0.25, 0.3) is 5.91 Å². The fraction of sp³-hybridized carbons (Fsp3) is 0.200. The van der Waals surface area contributed by atoms with Gasteiger partial charge >= 0.3 is 0 Å². The smallest absolute Gasteiger partial charge is 0.255 e. The topological polar surface area (TPSA) is 54.3 Å². The average molecular weight is 456 g/mol. The number of nitrogens with one attached hydrogen (secondary N) is 1. The molecule has 1 N–H and O–H groups in total. The molecule has 1 aromatic heterocycles. The van der Waals surface area contributed by atoms with Crippen molar-refractivity contribution in [1.82, 2.24) is 9.99 Å². The number of hydrogen-bond acceptors (Lipinski definition) is 3. The maximum absolute atomic E-state index is 12.8. The van der Waals surface area contributed by atoms with E-state index in [0.29, 0.717) is 17.0 Å². The SMILES string of the molecule is CN1CCc2c[c-]cc3c(=O)c(C(=O)NCc4ccc(Cl)cc4)cn1c23.[Y]. The van der Waals surface area contributed by atoms with E-state index >= 15 is 0 Å². The molecule has 27 heavy (non-hydrogen) atoms. The van der Waals surface area contributed by atoms with Gasteiger partial charge in [-0.25, -0.2) is 0 Å². The molecule has 1 aliphatic rings. The number of halogens is 1. The minimum Gasteiger partial charge on any atom is -0.348 e. The Hall–Kier alpha value is -1.69. The summed E-state index contributed by atoms with van der Waals surface area (Å²) in [7, 11) is 1.94. The summed E-state index contributed by atoms with van der Waals surface area (Å²) < 4.78 is 1.89. The van der Waals surface area contributed by atoms with Gasteiger partial charge in [0.2, 0.25) is 0 Å². The van der Waals surface area contributed by atoms with Crippen LogP contribution in [0.5, 0.6) is 0 Å². The summed E-state index contributed by atoms with van der Waals surface area (Å²) in [6.07, 6.45) is 2.48. The summed E-state index contributed by atoms with van der Waals surface area (Å²) >= 11 is 5.87. The van der Waals surface area contributed by atoms with Gasteiger partial charge in [-0.1, -0.05) is 35.5 Å². The molecule has 4 rings (SSSR count). The zero-order valence-corrected chi connectivity index (χ0v) is 18.4. The van der Waals surface area contributed by atoms with Gasteiger partial charge in [-0.15, -0.1) is 5.56 Å². The Morgan fingerprint density at radius 2 is 2.00 bits per heavy atom. The molecule has 0 atom stereocenters. The van der Waals surface area contributed by atoms with Gasteiger partial charge in [-0.05, 0) is 23.2 Å². The third-order valence-electron chi connectivity index (χ3n) is 4.70. The van der Waals surface area contributed by atoms with Crippen LogP contribution in [0.15, 0.2) is 47.4 Å². The van der Waals surface area contributed by atoms with Crippen LogP contribution in [0.2, 0.25) is 5.02 Å². The zero-order valence-electron chi connectivity index (χ0n) is 14.8. The van der Waals surface area contributed by atoms with Gasteiger partial charge in [0.05, 0.1) is 5.56 Å². The first-order chi connectivity index (χ1) is 12.5. The molecule has 2 aromatic carbocycles. The minimum atomic E-state index is -0.389. The molecule has 0 aliphatic carbocycles. The number of aromatic nitrogens is 1. The van der Waals surface area contributed by atoms with Crippen molar-refractivity contribution in [2.75, 3.05) is 18.6 Å². The van der Waals surface area contributed by atoms with E-state index in [1.165, 1.54) is 0 Å². The average Bonchev–Trinajstić information content (AvgIpc) is 2.65. The normalized spacial score (nSPS) is 12.6. The van der Waals surface area contributed by atoms with E-state index in [-0.39, 0.29) is 49.6 Å². The van der Waals surface area contributed by atoms with Crippen LogP contribution in [-0.2, 0) is 45.7 Å². The molecule has 2 heterocycles. The van der Waals surface area contributed by atoms with E-state index in [9.17, 15) is 9.59 Å². The number of carbonyl (C=O) groups is 1. The molecule has 1 radical (unpaired) electrons. The molecule has 1 aliphatic heterocycles. The molecule has 0 saturated carbocycles. The monoisotopic (exact) mass is 455 g/mol. The van der Waals surface area contributed by atoms with E-state index in [0.717, 1.165) is 29.6 Å². The maximum Gasteiger partial charge on any atom is 0.255 e. The second kappa shape index (κ2) is 8.13. The van der Waals surface area contributed by atoms with Gasteiger partial charge in [0.15, 0.2) is 0 Å². The van der Waals surface area contributed by atoms with Crippen LogP contribution in [0, 0.1) is 6.07 Å². The largest absolute Gasteiger partial charge is 0.348 e. The summed E-state index contributed by atoms with van der Waals surface area (Å²) in [5, 5.41) is 5.98. The Balaban J connectivity index is 0.00000210. The van der Waals surface area contributed by atoms with Crippen molar-refractivity contribution in [3.63, 3.8) is 0 Å². The summed E-state index contributed by atoms with van der Waals surface area (Å²) in [6.45, 7) is 1.14. The first kappa shape index (κ1) is 20.1. The molecule has 0 bridgehead atoms. The predicted molar refractivity (Wildman–Crippen MR) is 102 cm³/mol. The molecule has 3 aromatic rings. The molecule has 7 heteroatoms. The number of pyridine rings is 1. The molecule has 0 saturated heterocycles. The first-order valence-corrected chi connectivity index (χ1v) is 8.75. The van der Waals surface area contributed by atoms with E-state index in [4.69, 9.17) is 11.6 Å². The van der Waals surface area contributed by atoms with Crippen LogP contribution in [-0.4, -0.2) is 24.2 Å². The molecule has 135 valence electrons. The summed E-state index contributed by atoms with van der Waals surface area (Å²) in [5.41, 5.74) is 2.71. The Morgan fingerprint density at radius 1 is 1.26 bits per heavy atom. The van der Waals surface area contributed by atoms with Crippen molar-refractivity contribution in [3.8, 4) is 0 Å². The number of rotatable bonds is 3. The van der Waals surface area contributed by atoms with Crippen LogP contribution in [0.4, 0.5) is 0 Å². The van der Waals surface area contributed by atoms with E-state index in [1.54, 1.807) is 24.4 Å². The minimum absolute atomic E-state index is 0. The van der Waals surface area contributed by atoms with E-state index < -0.39 is 0 Å². The van der Waals surface area contributed by atoms with Crippen molar-refractivity contribution in [2.45, 2.75) is 13.0 Å². The van der Waals surface area contributed by atoms with Gasteiger partial charge in [-0.2, -0.15) is 18.2 Å². The van der Waals surface area contributed by atoms with Gasteiger partial charge in [0.1, 0.15) is 5.43 Å². The molecule has 0 spiro atoms. The predicted octanol–water partition coefficient (Wildman–Crippen LogP) is 2.51. The number of nitrogens with zero attached hydrogens (tertiary/aromatic N) is 2. The van der Waals surface area contributed by atoms with Crippen LogP contribution in [0.25, 0.3) is 10.9 Å². The van der Waals surface area contributed by atoms with Crippen molar-refractivity contribution in [3.05, 3.63) is 80.6 Å². The Bertz CT molecular complexity index is 1060. The first-order valence-electron chi connectivity index (χ1n) is 8.37. The van der Waals surface area contributed by atoms with Crippen LogP contribution in [0.1, 0.15) is 21.5 Å². The van der Waals surface area contributed by atoms with Crippen molar-refractivity contribution < 1.29 is 37.5 Å². The van der Waals surface area contributed by atoms with Crippen molar-refractivity contribution in [2.24, 2.45) is 0 Å². The quantitative estimate of drug-likeness (QED) is 0.618. The second-order valence-corrected chi connectivity index (χ2v) is 6.84. The summed E-state index contributed by atoms with van der Waals surface area (Å²) in [4.78, 5) is 25.5. The third kappa shape index (κ3) is 3.82. The fourth-order valence-corrected chi connectivity index (χ4v) is 3.39. The maximum atomic E-state index is 12.8. The number of carbonyl (C=O) groups excluding carboxylic acids is 1. The number of benzene rings is 2. The third-order valence-corrected chi connectivity index (χ3v) is 4.95. The number of hydrogen-bond donors (Lipinski definition) is 1. The second-order valence-electron chi connectivity index (χ2n) is 6.40. The number of likely N-dealkylation sites (N-methyl/N-ethyl adjacent to an activating group) is 1. The zero-order chi connectivity index (χ0) is 18.3. The van der Waals surface area contributed by atoms with Crippen molar-refractivity contribution >= 4 is 28.4 Å². The Labute approximate surface area is 187 Å². The van der Waals surface area contributed by atoms with Crippen molar-refractivity contribution in [1.29, 1.82) is 0 Å². The Morgan fingerprint density at radius 3 is 2.74 bits per heavy atom. The summed E-state index contributed by atoms with van der Waals surface area (Å²) in [5.74, 6) is -0.389. The molecule has 1 amide bonds.